The van der Waals surface area contributed by atoms with Crippen molar-refractivity contribution in [2.24, 2.45) is 0 Å². The van der Waals surface area contributed by atoms with Crippen LogP contribution in [0.1, 0.15) is 28.4 Å². The molecule has 0 aliphatic carbocycles. The van der Waals surface area contributed by atoms with Gasteiger partial charge in [0.1, 0.15) is 0 Å². The van der Waals surface area contributed by atoms with Crippen LogP contribution < -0.4 is 9.47 Å². The van der Waals surface area contributed by atoms with E-state index in [4.69, 9.17) is 9.47 Å². The molecular formula is C26H34N4O5S. The van der Waals surface area contributed by atoms with Gasteiger partial charge in [0.05, 0.1) is 5.75 Å². The summed E-state index contributed by atoms with van der Waals surface area (Å²) >= 11 is 0. The zero-order chi connectivity index (χ0) is 25.1. The maximum absolute atomic E-state index is 13.2. The van der Waals surface area contributed by atoms with Gasteiger partial charge < -0.3 is 14.4 Å². The molecule has 2 aromatic carbocycles. The lowest BCUT2D eigenvalue weighted by atomic mass is 10.1. The maximum Gasteiger partial charge on any atom is 0.253 e. The van der Waals surface area contributed by atoms with E-state index in [1.54, 1.807) is 11.2 Å². The molecule has 0 N–H and O–H groups in total. The molecule has 5 rings (SSSR count). The van der Waals surface area contributed by atoms with Crippen molar-refractivity contribution in [3.63, 3.8) is 0 Å². The Morgan fingerprint density at radius 2 is 1.44 bits per heavy atom. The van der Waals surface area contributed by atoms with Crippen molar-refractivity contribution in [3.8, 4) is 11.5 Å². The molecule has 2 aromatic rings. The third kappa shape index (κ3) is 5.67. The summed E-state index contributed by atoms with van der Waals surface area (Å²) in [6.07, 6.45) is 0. The van der Waals surface area contributed by atoms with E-state index in [0.717, 1.165) is 36.7 Å². The second-order valence-electron chi connectivity index (χ2n) is 9.53. The normalized spacial score (nSPS) is 19.5. The molecule has 0 saturated carbocycles. The molecule has 3 heterocycles. The Kier molecular flexibility index (Phi) is 7.47. The molecule has 36 heavy (non-hydrogen) atoms. The molecule has 3 aliphatic heterocycles. The number of hydrogen-bond donors (Lipinski definition) is 0. The van der Waals surface area contributed by atoms with Gasteiger partial charge in [-0.1, -0.05) is 18.2 Å². The van der Waals surface area contributed by atoms with Gasteiger partial charge in [0.2, 0.25) is 16.8 Å². The zero-order valence-corrected chi connectivity index (χ0v) is 21.6. The fraction of sp³-hybridized carbons (Fsp3) is 0.500. The van der Waals surface area contributed by atoms with Gasteiger partial charge in [0.15, 0.2) is 11.5 Å². The monoisotopic (exact) mass is 514 g/mol. The Hall–Kier alpha value is -2.66. The molecule has 2 fully saturated rings. The van der Waals surface area contributed by atoms with E-state index in [-0.39, 0.29) is 18.5 Å². The fourth-order valence-electron chi connectivity index (χ4n) is 5.00. The first-order valence-corrected chi connectivity index (χ1v) is 14.2. The van der Waals surface area contributed by atoms with Gasteiger partial charge in [-0.25, -0.2) is 8.42 Å². The Morgan fingerprint density at radius 3 is 2.14 bits per heavy atom. The molecule has 2 saturated heterocycles. The highest BCUT2D eigenvalue weighted by atomic mass is 32.2. The summed E-state index contributed by atoms with van der Waals surface area (Å²) in [5.74, 6) is 1.81. The summed E-state index contributed by atoms with van der Waals surface area (Å²) in [6.45, 7) is 8.97. The summed E-state index contributed by atoms with van der Waals surface area (Å²) in [7, 11) is -3.13. The lowest BCUT2D eigenvalue weighted by Crippen LogP contribution is -2.48. The van der Waals surface area contributed by atoms with Crippen LogP contribution in [0.3, 0.4) is 0 Å². The highest BCUT2D eigenvalue weighted by Gasteiger charge is 2.26. The maximum atomic E-state index is 13.2. The summed E-state index contributed by atoms with van der Waals surface area (Å²) in [6, 6.07) is 13.9. The topological polar surface area (TPSA) is 82.6 Å². The van der Waals surface area contributed by atoms with Gasteiger partial charge >= 0.3 is 0 Å². The second-order valence-corrected chi connectivity index (χ2v) is 11.8. The van der Waals surface area contributed by atoms with Crippen LogP contribution in [-0.4, -0.2) is 98.2 Å². The number of rotatable bonds is 7. The van der Waals surface area contributed by atoms with E-state index in [1.807, 2.05) is 41.3 Å². The number of benzene rings is 2. The molecule has 10 heteroatoms. The highest BCUT2D eigenvalue weighted by Crippen LogP contribution is 2.32. The predicted octanol–water partition coefficient (Wildman–Crippen LogP) is 1.84. The number of nitrogens with zero attached hydrogens (tertiary/aromatic N) is 4. The van der Waals surface area contributed by atoms with Crippen LogP contribution >= 0.6 is 0 Å². The molecule has 0 atom stereocenters. The number of amides is 1. The van der Waals surface area contributed by atoms with Crippen molar-refractivity contribution in [2.75, 3.05) is 64.9 Å². The minimum absolute atomic E-state index is 0.0680. The van der Waals surface area contributed by atoms with Crippen molar-refractivity contribution in [1.82, 2.24) is 19.0 Å². The summed E-state index contributed by atoms with van der Waals surface area (Å²) in [5, 5.41) is 0. The number of ether oxygens (including phenoxy) is 2. The first-order chi connectivity index (χ1) is 17.4. The number of sulfonamides is 1. The van der Waals surface area contributed by atoms with Crippen LogP contribution in [-0.2, 0) is 23.1 Å². The molecule has 0 radical (unpaired) electrons. The molecule has 1 amide bonds. The molecule has 0 bridgehead atoms. The van der Waals surface area contributed by atoms with Gasteiger partial charge in [-0.15, -0.1) is 0 Å². The van der Waals surface area contributed by atoms with Crippen LogP contribution in [0.4, 0.5) is 0 Å². The smallest absolute Gasteiger partial charge is 0.253 e. The number of carbonyl (C=O) groups is 1. The van der Waals surface area contributed by atoms with Crippen molar-refractivity contribution < 1.29 is 22.7 Å². The minimum Gasteiger partial charge on any atom is -0.454 e. The Morgan fingerprint density at radius 1 is 0.806 bits per heavy atom. The van der Waals surface area contributed by atoms with Crippen LogP contribution in [0.25, 0.3) is 0 Å². The quantitative estimate of drug-likeness (QED) is 0.558. The summed E-state index contributed by atoms with van der Waals surface area (Å²) < 4.78 is 36.6. The lowest BCUT2D eigenvalue weighted by Gasteiger charge is -2.35. The largest absolute Gasteiger partial charge is 0.454 e. The van der Waals surface area contributed by atoms with Crippen molar-refractivity contribution >= 4 is 15.9 Å². The fourth-order valence-corrected chi connectivity index (χ4v) is 6.08. The van der Waals surface area contributed by atoms with Crippen molar-refractivity contribution in [1.29, 1.82) is 0 Å². The number of fused-ring (bicyclic) bond motifs is 1. The van der Waals surface area contributed by atoms with Crippen LogP contribution in [0.2, 0.25) is 0 Å². The number of piperazine rings is 2. The zero-order valence-electron chi connectivity index (χ0n) is 20.8. The Balaban J connectivity index is 1.12. The van der Waals surface area contributed by atoms with Gasteiger partial charge in [-0.2, -0.15) is 4.31 Å². The van der Waals surface area contributed by atoms with Gasteiger partial charge in [0.25, 0.3) is 5.91 Å². The molecule has 0 spiro atoms. The van der Waals surface area contributed by atoms with Crippen LogP contribution in [0.15, 0.2) is 42.5 Å². The van der Waals surface area contributed by atoms with E-state index in [1.165, 1.54) is 5.56 Å². The minimum atomic E-state index is -3.13. The number of hydrogen-bond acceptors (Lipinski definition) is 7. The van der Waals surface area contributed by atoms with Crippen molar-refractivity contribution in [2.45, 2.75) is 20.0 Å². The number of carbonyl (C=O) groups excluding carboxylic acids is 1. The third-order valence-electron chi connectivity index (χ3n) is 7.17. The standard InChI is InChI=1S/C26H34N4O5S/c1-2-36(32,33)30-14-10-28(11-15-30)18-21-4-3-5-23(16-21)26(31)29-12-8-27(9-13-29)19-22-6-7-24-25(17-22)35-20-34-24/h3-7,16-17H,2,8-15,18-20H2,1H3. The van der Waals surface area contributed by atoms with Gasteiger partial charge in [0, 0.05) is 71.0 Å². The molecule has 3 aliphatic rings. The first-order valence-electron chi connectivity index (χ1n) is 12.6. The highest BCUT2D eigenvalue weighted by molar-refractivity contribution is 7.89. The Labute approximate surface area is 213 Å². The van der Waals surface area contributed by atoms with E-state index < -0.39 is 10.0 Å². The van der Waals surface area contributed by atoms with Gasteiger partial charge in [-0.05, 0) is 42.3 Å². The van der Waals surface area contributed by atoms with Crippen LogP contribution in [0, 0.1) is 0 Å². The van der Waals surface area contributed by atoms with E-state index in [2.05, 4.69) is 15.9 Å². The summed E-state index contributed by atoms with van der Waals surface area (Å²) in [5.41, 5.74) is 2.97. The molecule has 0 unspecified atom stereocenters. The molecular weight excluding hydrogens is 480 g/mol. The SMILES string of the molecule is CCS(=O)(=O)N1CCN(Cc2cccc(C(=O)N3CCN(Cc4ccc5c(c4)OCO5)CC3)c2)CC1. The lowest BCUT2D eigenvalue weighted by molar-refractivity contribution is 0.0628. The molecule has 0 aromatic heterocycles. The van der Waals surface area contributed by atoms with E-state index in [9.17, 15) is 13.2 Å². The summed E-state index contributed by atoms with van der Waals surface area (Å²) in [4.78, 5) is 19.8. The first kappa shape index (κ1) is 25.0. The van der Waals surface area contributed by atoms with Crippen LogP contribution in [0.5, 0.6) is 11.5 Å². The predicted molar refractivity (Wildman–Crippen MR) is 136 cm³/mol. The van der Waals surface area contributed by atoms with Crippen molar-refractivity contribution in [3.05, 3.63) is 59.2 Å². The Bertz CT molecular complexity index is 1190. The average Bonchev–Trinajstić information content (AvgIpc) is 3.37. The second kappa shape index (κ2) is 10.8. The molecule has 9 nitrogen and oxygen atoms in total. The average molecular weight is 515 g/mol. The van der Waals surface area contributed by atoms with E-state index >= 15 is 0 Å². The van der Waals surface area contributed by atoms with E-state index in [0.29, 0.717) is 51.4 Å². The van der Waals surface area contributed by atoms with Gasteiger partial charge in [-0.3, -0.25) is 14.6 Å². The molecule has 194 valence electrons. The third-order valence-corrected chi connectivity index (χ3v) is 9.05.